The van der Waals surface area contributed by atoms with Crippen LogP contribution in [-0.2, 0) is 14.3 Å². The Morgan fingerprint density at radius 3 is 2.69 bits per heavy atom. The van der Waals surface area contributed by atoms with Crippen LogP contribution in [0.1, 0.15) is 81.1 Å². The molecule has 1 aliphatic carbocycles. The first-order chi connectivity index (χ1) is 12.5. The zero-order valence-electron chi connectivity index (χ0n) is 16.4. The van der Waals surface area contributed by atoms with Crippen molar-refractivity contribution in [1.29, 1.82) is 0 Å². The molecule has 0 aliphatic heterocycles. The van der Waals surface area contributed by atoms with E-state index < -0.39 is 11.5 Å². The van der Waals surface area contributed by atoms with E-state index in [-0.39, 0.29) is 11.9 Å². The van der Waals surface area contributed by atoms with Gasteiger partial charge >= 0.3 is 11.9 Å². The number of rotatable bonds is 9. The highest BCUT2D eigenvalue weighted by Crippen LogP contribution is 2.46. The third-order valence-electron chi connectivity index (χ3n) is 5.37. The fourth-order valence-corrected chi connectivity index (χ4v) is 3.94. The summed E-state index contributed by atoms with van der Waals surface area (Å²) in [6.07, 6.45) is 7.06. The molecule has 1 aliphatic rings. The molecule has 2 unspecified atom stereocenters. The van der Waals surface area contributed by atoms with Gasteiger partial charge in [-0.25, -0.2) is 4.79 Å². The summed E-state index contributed by atoms with van der Waals surface area (Å²) in [4.78, 5) is 25.4. The Morgan fingerprint density at radius 2 is 2.00 bits per heavy atom. The van der Waals surface area contributed by atoms with Crippen molar-refractivity contribution >= 4 is 11.9 Å². The summed E-state index contributed by atoms with van der Waals surface area (Å²) >= 11 is 0. The highest BCUT2D eigenvalue weighted by Gasteiger charge is 2.51. The van der Waals surface area contributed by atoms with E-state index in [1.54, 1.807) is 6.07 Å². The highest BCUT2D eigenvalue weighted by atomic mass is 16.6. The lowest BCUT2D eigenvalue weighted by molar-refractivity contribution is -0.162. The van der Waals surface area contributed by atoms with Gasteiger partial charge in [0.2, 0.25) is 0 Å². The van der Waals surface area contributed by atoms with Crippen molar-refractivity contribution in [2.45, 2.75) is 78.2 Å². The molecule has 0 bridgehead atoms. The summed E-state index contributed by atoms with van der Waals surface area (Å²) in [6, 6.07) is 7.38. The van der Waals surface area contributed by atoms with Gasteiger partial charge in [0.1, 0.15) is 11.5 Å². The molecule has 0 amide bonds. The van der Waals surface area contributed by atoms with Crippen molar-refractivity contribution in [3.63, 3.8) is 0 Å². The number of carbonyl (C=O) groups excluding carboxylic acids is 2. The smallest absolute Gasteiger partial charge is 0.338 e. The van der Waals surface area contributed by atoms with Crippen molar-refractivity contribution in [2.24, 2.45) is 5.41 Å². The summed E-state index contributed by atoms with van der Waals surface area (Å²) < 4.78 is 11.2. The van der Waals surface area contributed by atoms with Crippen LogP contribution in [0.2, 0.25) is 0 Å². The van der Waals surface area contributed by atoms with E-state index in [9.17, 15) is 9.59 Å². The molecular formula is C22H32O4. The van der Waals surface area contributed by atoms with Gasteiger partial charge in [0.25, 0.3) is 0 Å². The predicted octanol–water partition coefficient (Wildman–Crippen LogP) is 5.22. The van der Waals surface area contributed by atoms with Crippen LogP contribution in [-0.4, -0.2) is 24.6 Å². The summed E-state index contributed by atoms with van der Waals surface area (Å²) in [5.41, 5.74) is 0.881. The van der Waals surface area contributed by atoms with Gasteiger partial charge in [-0.15, -0.1) is 0 Å². The molecule has 1 saturated carbocycles. The summed E-state index contributed by atoms with van der Waals surface area (Å²) in [6.45, 7) is 6.30. The standard InChI is InChI=1S/C22H32O4/c1-4-6-7-8-14-22(21(24)25-5-2)15-10-13-19(22)26-20(23)18-12-9-11-17(3)16-18/h9,11-12,16,19H,4-8,10,13-15H2,1-3H3. The summed E-state index contributed by atoms with van der Waals surface area (Å²) in [5.74, 6) is -0.543. The van der Waals surface area contributed by atoms with Crippen molar-refractivity contribution in [3.8, 4) is 0 Å². The minimum absolute atomic E-state index is 0.198. The molecule has 4 heteroatoms. The van der Waals surface area contributed by atoms with E-state index in [0.29, 0.717) is 12.2 Å². The van der Waals surface area contributed by atoms with Crippen LogP contribution < -0.4 is 0 Å². The molecule has 0 radical (unpaired) electrons. The molecule has 1 aromatic rings. The number of hydrogen-bond acceptors (Lipinski definition) is 4. The maximum atomic E-state index is 12.8. The Balaban J connectivity index is 2.14. The van der Waals surface area contributed by atoms with Gasteiger partial charge in [-0.2, -0.15) is 0 Å². The van der Waals surface area contributed by atoms with Crippen LogP contribution >= 0.6 is 0 Å². The largest absolute Gasteiger partial charge is 0.465 e. The Kier molecular flexibility index (Phi) is 7.67. The topological polar surface area (TPSA) is 52.6 Å². The van der Waals surface area contributed by atoms with E-state index in [0.717, 1.165) is 56.9 Å². The minimum atomic E-state index is -0.677. The number of hydrogen-bond donors (Lipinski definition) is 0. The number of esters is 2. The Labute approximate surface area is 157 Å². The Bertz CT molecular complexity index is 610. The van der Waals surface area contributed by atoms with Crippen LogP contribution in [0, 0.1) is 12.3 Å². The number of ether oxygens (including phenoxy) is 2. The first-order valence-electron chi connectivity index (χ1n) is 9.98. The van der Waals surface area contributed by atoms with E-state index in [2.05, 4.69) is 6.92 Å². The Morgan fingerprint density at radius 1 is 1.19 bits per heavy atom. The maximum Gasteiger partial charge on any atom is 0.338 e. The van der Waals surface area contributed by atoms with E-state index >= 15 is 0 Å². The second-order valence-corrected chi connectivity index (χ2v) is 7.34. The number of unbranched alkanes of at least 4 members (excludes halogenated alkanes) is 3. The van der Waals surface area contributed by atoms with Crippen LogP contribution in [0.5, 0.6) is 0 Å². The second kappa shape index (κ2) is 9.75. The molecule has 144 valence electrons. The average molecular weight is 360 g/mol. The fraction of sp³-hybridized carbons (Fsp3) is 0.636. The lowest BCUT2D eigenvalue weighted by Gasteiger charge is -2.32. The summed E-state index contributed by atoms with van der Waals surface area (Å²) in [7, 11) is 0. The summed E-state index contributed by atoms with van der Waals surface area (Å²) in [5, 5.41) is 0. The quantitative estimate of drug-likeness (QED) is 0.447. The van der Waals surface area contributed by atoms with Crippen molar-refractivity contribution in [1.82, 2.24) is 0 Å². The lowest BCUT2D eigenvalue weighted by atomic mass is 9.78. The van der Waals surface area contributed by atoms with E-state index in [4.69, 9.17) is 9.47 Å². The molecule has 1 fully saturated rings. The van der Waals surface area contributed by atoms with Crippen molar-refractivity contribution in [2.75, 3.05) is 6.61 Å². The Hall–Kier alpha value is -1.84. The second-order valence-electron chi connectivity index (χ2n) is 7.34. The van der Waals surface area contributed by atoms with E-state index in [1.807, 2.05) is 32.0 Å². The van der Waals surface area contributed by atoms with Gasteiger partial charge in [-0.05, 0) is 51.7 Å². The molecule has 4 nitrogen and oxygen atoms in total. The van der Waals surface area contributed by atoms with Crippen LogP contribution in [0.3, 0.4) is 0 Å². The predicted molar refractivity (Wildman–Crippen MR) is 102 cm³/mol. The van der Waals surface area contributed by atoms with Gasteiger partial charge < -0.3 is 9.47 Å². The number of carbonyl (C=O) groups is 2. The van der Waals surface area contributed by atoms with Gasteiger partial charge in [0, 0.05) is 0 Å². The average Bonchev–Trinajstić information content (AvgIpc) is 3.02. The zero-order chi connectivity index (χ0) is 19.0. The molecule has 2 atom stereocenters. The molecule has 0 spiro atoms. The minimum Gasteiger partial charge on any atom is -0.465 e. The molecule has 0 heterocycles. The number of benzene rings is 1. The van der Waals surface area contributed by atoms with Gasteiger partial charge in [0.15, 0.2) is 0 Å². The SMILES string of the molecule is CCCCCCC1(C(=O)OCC)CCCC1OC(=O)c1cccc(C)c1. The molecule has 0 aromatic heterocycles. The third-order valence-corrected chi connectivity index (χ3v) is 5.37. The monoisotopic (exact) mass is 360 g/mol. The van der Waals surface area contributed by atoms with Gasteiger partial charge in [-0.3, -0.25) is 4.79 Å². The first kappa shape index (κ1) is 20.5. The molecule has 2 rings (SSSR count). The maximum absolute atomic E-state index is 12.8. The lowest BCUT2D eigenvalue weighted by Crippen LogP contribution is -2.42. The van der Waals surface area contributed by atoms with Crippen molar-refractivity contribution < 1.29 is 19.1 Å². The fourth-order valence-electron chi connectivity index (χ4n) is 3.94. The molecule has 0 saturated heterocycles. The normalized spacial score (nSPS) is 22.2. The third kappa shape index (κ3) is 4.87. The molecule has 26 heavy (non-hydrogen) atoms. The molecular weight excluding hydrogens is 328 g/mol. The van der Waals surface area contributed by atoms with Crippen LogP contribution in [0.15, 0.2) is 24.3 Å². The van der Waals surface area contributed by atoms with Crippen LogP contribution in [0.4, 0.5) is 0 Å². The van der Waals surface area contributed by atoms with Crippen molar-refractivity contribution in [3.05, 3.63) is 35.4 Å². The van der Waals surface area contributed by atoms with Gasteiger partial charge in [-0.1, -0.05) is 50.3 Å². The zero-order valence-corrected chi connectivity index (χ0v) is 16.4. The van der Waals surface area contributed by atoms with Crippen LogP contribution in [0.25, 0.3) is 0 Å². The van der Waals surface area contributed by atoms with E-state index in [1.165, 1.54) is 0 Å². The first-order valence-corrected chi connectivity index (χ1v) is 9.98. The highest BCUT2D eigenvalue weighted by molar-refractivity contribution is 5.90. The molecule has 1 aromatic carbocycles. The number of aryl methyl sites for hydroxylation is 1. The molecule has 0 N–H and O–H groups in total. The van der Waals surface area contributed by atoms with Gasteiger partial charge in [0.05, 0.1) is 12.2 Å².